The van der Waals surface area contributed by atoms with E-state index in [1.165, 1.54) is 0 Å². The van der Waals surface area contributed by atoms with Crippen molar-refractivity contribution in [2.24, 2.45) is 5.41 Å². The molecule has 0 radical (unpaired) electrons. The van der Waals surface area contributed by atoms with E-state index in [0.717, 1.165) is 25.8 Å². The molecule has 0 saturated carbocycles. The predicted molar refractivity (Wildman–Crippen MR) is 59.3 cm³/mol. The molecule has 0 aromatic rings. The van der Waals surface area contributed by atoms with Crippen LogP contribution in [0.15, 0.2) is 0 Å². The maximum Gasteiger partial charge on any atom is 0.0499 e. The molecule has 0 amide bonds. The predicted octanol–water partition coefficient (Wildman–Crippen LogP) is 1.15. The second-order valence-electron chi connectivity index (χ2n) is 4.16. The molecule has 3 nitrogen and oxygen atoms in total. The van der Waals surface area contributed by atoms with Crippen LogP contribution in [-0.4, -0.2) is 36.0 Å². The first-order valence-corrected chi connectivity index (χ1v) is 5.59. The summed E-state index contributed by atoms with van der Waals surface area (Å²) in [6.07, 6.45) is 2.74. The van der Waals surface area contributed by atoms with Crippen molar-refractivity contribution >= 4 is 0 Å². The topological polar surface area (TPSA) is 52.5 Å². The van der Waals surface area contributed by atoms with Crippen LogP contribution in [0.5, 0.6) is 0 Å². The van der Waals surface area contributed by atoms with Crippen molar-refractivity contribution < 1.29 is 10.2 Å². The minimum atomic E-state index is 0.0176. The molecular formula is C11H25NO2. The van der Waals surface area contributed by atoms with E-state index in [1.807, 2.05) is 0 Å². The van der Waals surface area contributed by atoms with Crippen LogP contribution in [0, 0.1) is 5.41 Å². The molecular weight excluding hydrogens is 178 g/mol. The van der Waals surface area contributed by atoms with Crippen molar-refractivity contribution in [3.8, 4) is 0 Å². The van der Waals surface area contributed by atoms with Crippen LogP contribution in [0.3, 0.4) is 0 Å². The molecule has 0 aliphatic heterocycles. The second-order valence-corrected chi connectivity index (χ2v) is 4.16. The van der Waals surface area contributed by atoms with E-state index in [9.17, 15) is 5.11 Å². The summed E-state index contributed by atoms with van der Waals surface area (Å²) >= 11 is 0. The van der Waals surface area contributed by atoms with E-state index in [2.05, 4.69) is 26.1 Å². The van der Waals surface area contributed by atoms with Crippen molar-refractivity contribution in [1.82, 2.24) is 5.32 Å². The highest BCUT2D eigenvalue weighted by molar-refractivity contribution is 4.79. The van der Waals surface area contributed by atoms with E-state index in [1.54, 1.807) is 0 Å². The van der Waals surface area contributed by atoms with Crippen LogP contribution in [-0.2, 0) is 0 Å². The molecule has 0 fully saturated rings. The maximum absolute atomic E-state index is 9.33. The van der Waals surface area contributed by atoms with E-state index < -0.39 is 0 Å². The summed E-state index contributed by atoms with van der Waals surface area (Å²) < 4.78 is 0. The lowest BCUT2D eigenvalue weighted by molar-refractivity contribution is 0.109. The fraction of sp³-hybridized carbons (Fsp3) is 1.00. The van der Waals surface area contributed by atoms with Crippen molar-refractivity contribution in [3.63, 3.8) is 0 Å². The lowest BCUT2D eigenvalue weighted by Crippen LogP contribution is -2.40. The molecule has 1 atom stereocenters. The van der Waals surface area contributed by atoms with Crippen molar-refractivity contribution in [1.29, 1.82) is 0 Å². The third-order valence-corrected chi connectivity index (χ3v) is 3.22. The Morgan fingerprint density at radius 2 is 1.79 bits per heavy atom. The Labute approximate surface area is 87.5 Å². The van der Waals surface area contributed by atoms with Gasteiger partial charge in [-0.2, -0.15) is 0 Å². The summed E-state index contributed by atoms with van der Waals surface area (Å²) in [7, 11) is 0. The van der Waals surface area contributed by atoms with Crippen LogP contribution < -0.4 is 5.32 Å². The lowest BCUT2D eigenvalue weighted by Gasteiger charge is -2.31. The van der Waals surface area contributed by atoms with E-state index >= 15 is 0 Å². The average Bonchev–Trinajstić information content (AvgIpc) is 2.21. The van der Waals surface area contributed by atoms with Gasteiger partial charge in [-0.25, -0.2) is 0 Å². The van der Waals surface area contributed by atoms with Gasteiger partial charge in [-0.05, 0) is 26.2 Å². The zero-order valence-electron chi connectivity index (χ0n) is 9.71. The summed E-state index contributed by atoms with van der Waals surface area (Å²) in [5.74, 6) is 0. The Bertz CT molecular complexity index is 127. The molecule has 0 aliphatic rings. The highest BCUT2D eigenvalue weighted by atomic mass is 16.3. The Morgan fingerprint density at radius 1 is 1.21 bits per heavy atom. The zero-order chi connectivity index (χ0) is 11.0. The lowest BCUT2D eigenvalue weighted by atomic mass is 9.83. The Morgan fingerprint density at radius 3 is 2.14 bits per heavy atom. The second kappa shape index (κ2) is 7.21. The molecule has 0 saturated heterocycles. The Kier molecular flexibility index (Phi) is 7.15. The molecule has 3 heteroatoms. The molecule has 1 unspecified atom stereocenters. The number of hydrogen-bond acceptors (Lipinski definition) is 3. The van der Waals surface area contributed by atoms with Gasteiger partial charge in [0.05, 0.1) is 0 Å². The molecule has 0 aromatic carbocycles. The van der Waals surface area contributed by atoms with Crippen molar-refractivity contribution in [2.75, 3.05) is 19.8 Å². The van der Waals surface area contributed by atoms with Gasteiger partial charge in [0.2, 0.25) is 0 Å². The highest BCUT2D eigenvalue weighted by Crippen LogP contribution is 2.24. The van der Waals surface area contributed by atoms with E-state index in [-0.39, 0.29) is 18.6 Å². The number of aliphatic hydroxyl groups excluding tert-OH is 2. The SMILES string of the molecule is CCC(CC)(CO)CNC(C)CCO. The van der Waals surface area contributed by atoms with Crippen LogP contribution in [0.4, 0.5) is 0 Å². The summed E-state index contributed by atoms with van der Waals surface area (Å²) in [5.41, 5.74) is 0.0176. The fourth-order valence-corrected chi connectivity index (χ4v) is 1.47. The largest absolute Gasteiger partial charge is 0.396 e. The van der Waals surface area contributed by atoms with Gasteiger partial charge in [0.25, 0.3) is 0 Å². The molecule has 0 rings (SSSR count). The van der Waals surface area contributed by atoms with Crippen LogP contribution in [0.25, 0.3) is 0 Å². The molecule has 0 heterocycles. The average molecular weight is 203 g/mol. The van der Waals surface area contributed by atoms with Gasteiger partial charge in [0, 0.05) is 31.2 Å². The van der Waals surface area contributed by atoms with Gasteiger partial charge in [-0.15, -0.1) is 0 Å². The molecule has 3 N–H and O–H groups in total. The Hall–Kier alpha value is -0.120. The first-order valence-electron chi connectivity index (χ1n) is 5.59. The smallest absolute Gasteiger partial charge is 0.0499 e. The minimum Gasteiger partial charge on any atom is -0.396 e. The molecule has 86 valence electrons. The van der Waals surface area contributed by atoms with Gasteiger partial charge >= 0.3 is 0 Å². The standard InChI is InChI=1S/C11H25NO2/c1-4-11(5-2,9-14)8-12-10(3)6-7-13/h10,12-14H,4-9H2,1-3H3. The number of rotatable bonds is 8. The number of hydrogen-bond donors (Lipinski definition) is 3. The first-order chi connectivity index (χ1) is 6.64. The van der Waals surface area contributed by atoms with Crippen molar-refractivity contribution in [3.05, 3.63) is 0 Å². The highest BCUT2D eigenvalue weighted by Gasteiger charge is 2.25. The summed E-state index contributed by atoms with van der Waals surface area (Å²) in [6.45, 7) is 7.56. The van der Waals surface area contributed by atoms with Gasteiger partial charge in [0.15, 0.2) is 0 Å². The summed E-state index contributed by atoms with van der Waals surface area (Å²) in [4.78, 5) is 0. The van der Waals surface area contributed by atoms with Gasteiger partial charge in [0.1, 0.15) is 0 Å². The van der Waals surface area contributed by atoms with Crippen LogP contribution >= 0.6 is 0 Å². The monoisotopic (exact) mass is 203 g/mol. The molecule has 0 aromatic heterocycles. The zero-order valence-corrected chi connectivity index (χ0v) is 9.71. The van der Waals surface area contributed by atoms with Gasteiger partial charge < -0.3 is 15.5 Å². The third-order valence-electron chi connectivity index (χ3n) is 3.22. The molecule has 0 spiro atoms. The molecule has 0 aliphatic carbocycles. The fourth-order valence-electron chi connectivity index (χ4n) is 1.47. The number of nitrogens with one attached hydrogen (secondary N) is 1. The van der Waals surface area contributed by atoms with Gasteiger partial charge in [-0.3, -0.25) is 0 Å². The molecule has 14 heavy (non-hydrogen) atoms. The maximum atomic E-state index is 9.33. The Balaban J connectivity index is 3.92. The van der Waals surface area contributed by atoms with Crippen molar-refractivity contribution in [2.45, 2.75) is 46.1 Å². The van der Waals surface area contributed by atoms with E-state index in [0.29, 0.717) is 6.04 Å². The quantitative estimate of drug-likeness (QED) is 0.554. The number of aliphatic hydroxyl groups is 2. The normalized spacial score (nSPS) is 14.4. The molecule has 0 bridgehead atoms. The summed E-state index contributed by atoms with van der Waals surface area (Å²) in [5, 5.41) is 21.4. The first kappa shape index (κ1) is 13.9. The summed E-state index contributed by atoms with van der Waals surface area (Å²) in [6, 6.07) is 0.323. The van der Waals surface area contributed by atoms with Crippen LogP contribution in [0.2, 0.25) is 0 Å². The van der Waals surface area contributed by atoms with E-state index in [4.69, 9.17) is 5.11 Å². The van der Waals surface area contributed by atoms with Crippen LogP contribution in [0.1, 0.15) is 40.0 Å². The third kappa shape index (κ3) is 4.40. The minimum absolute atomic E-state index is 0.0176. The van der Waals surface area contributed by atoms with Gasteiger partial charge in [-0.1, -0.05) is 13.8 Å².